The van der Waals surface area contributed by atoms with Crippen molar-refractivity contribution in [3.63, 3.8) is 0 Å². The van der Waals surface area contributed by atoms with E-state index in [-0.39, 0.29) is 17.5 Å². The average molecular weight is 396 g/mol. The first-order chi connectivity index (χ1) is 14.5. The molecule has 30 heavy (non-hydrogen) atoms. The van der Waals surface area contributed by atoms with Crippen molar-refractivity contribution in [1.29, 1.82) is 0 Å². The molecule has 3 N–H and O–H groups in total. The predicted molar refractivity (Wildman–Crippen MR) is 121 cm³/mol. The quantitative estimate of drug-likeness (QED) is 0.456. The van der Waals surface area contributed by atoms with E-state index < -0.39 is 0 Å². The molecule has 3 aromatic carbocycles. The van der Waals surface area contributed by atoms with Crippen molar-refractivity contribution in [2.45, 2.75) is 25.7 Å². The Morgan fingerprint density at radius 3 is 2.40 bits per heavy atom. The lowest BCUT2D eigenvalue weighted by molar-refractivity contribution is -0.115. The normalized spacial score (nSPS) is 16.1. The molecule has 0 bridgehead atoms. The Hall–Kier alpha value is -3.66. The summed E-state index contributed by atoms with van der Waals surface area (Å²) in [7, 11) is 0. The van der Waals surface area contributed by atoms with Crippen LogP contribution in [-0.2, 0) is 4.79 Å². The first-order valence-electron chi connectivity index (χ1n) is 10.1. The van der Waals surface area contributed by atoms with Gasteiger partial charge < -0.3 is 11.1 Å². The molecule has 0 fully saturated rings. The van der Waals surface area contributed by atoms with Crippen LogP contribution in [0.5, 0.6) is 0 Å². The van der Waals surface area contributed by atoms with Crippen LogP contribution < -0.4 is 11.1 Å². The zero-order valence-corrected chi connectivity index (χ0v) is 16.9. The topological polar surface area (TPSA) is 72.2 Å². The molecule has 1 aliphatic carbocycles. The lowest BCUT2D eigenvalue weighted by atomic mass is 9.85. The largest absolute Gasteiger partial charge is 0.397 e. The van der Waals surface area contributed by atoms with Gasteiger partial charge in [0.25, 0.3) is 0 Å². The van der Waals surface area contributed by atoms with Gasteiger partial charge in [-0.05, 0) is 43.0 Å². The van der Waals surface area contributed by atoms with Crippen LogP contribution in [0.4, 0.5) is 11.4 Å². The fourth-order valence-electron chi connectivity index (χ4n) is 3.79. The van der Waals surface area contributed by atoms with Gasteiger partial charge in [-0.2, -0.15) is 0 Å². The number of hydrogen-bond donors (Lipinski definition) is 2. The number of hydrogen-bond acceptors (Lipinski definition) is 4. The SMILES string of the molecule is Cc1ccc(C2CC(=O)C=C(Nc3cc(C(=O)c4ccccc4)ccc3N)C2)cc1. The second kappa shape index (κ2) is 8.37. The van der Waals surface area contributed by atoms with E-state index in [0.717, 1.165) is 11.3 Å². The molecule has 0 radical (unpaired) electrons. The molecule has 0 heterocycles. The van der Waals surface area contributed by atoms with E-state index >= 15 is 0 Å². The van der Waals surface area contributed by atoms with Crippen LogP contribution in [-0.4, -0.2) is 11.6 Å². The molecule has 0 aliphatic heterocycles. The highest BCUT2D eigenvalue weighted by Crippen LogP contribution is 2.33. The Bertz CT molecular complexity index is 1120. The first-order valence-corrected chi connectivity index (χ1v) is 10.1. The zero-order valence-electron chi connectivity index (χ0n) is 16.9. The summed E-state index contributed by atoms with van der Waals surface area (Å²) in [5, 5.41) is 3.30. The highest BCUT2D eigenvalue weighted by molar-refractivity contribution is 6.09. The van der Waals surface area contributed by atoms with Gasteiger partial charge in [0.05, 0.1) is 11.4 Å². The van der Waals surface area contributed by atoms with Crippen molar-refractivity contribution in [2.75, 3.05) is 11.1 Å². The maximum atomic E-state index is 12.8. The van der Waals surface area contributed by atoms with Crippen molar-refractivity contribution < 1.29 is 9.59 Å². The van der Waals surface area contributed by atoms with Gasteiger partial charge in [0.1, 0.15) is 0 Å². The lowest BCUT2D eigenvalue weighted by Crippen LogP contribution is -2.17. The number of rotatable bonds is 5. The van der Waals surface area contributed by atoms with E-state index in [4.69, 9.17) is 5.73 Å². The van der Waals surface area contributed by atoms with E-state index in [1.165, 1.54) is 5.56 Å². The second-order valence-electron chi connectivity index (χ2n) is 7.77. The van der Waals surface area contributed by atoms with Crippen molar-refractivity contribution in [2.24, 2.45) is 0 Å². The standard InChI is InChI=1S/C26H24N2O2/c1-17-7-9-18(10-8-17)21-13-22(16-23(29)14-21)28-25-15-20(11-12-24(25)27)26(30)19-5-3-2-4-6-19/h2-12,15-16,21,28H,13-14,27H2,1H3. The van der Waals surface area contributed by atoms with E-state index in [0.29, 0.717) is 35.3 Å². The van der Waals surface area contributed by atoms with Crippen LogP contribution in [0.2, 0.25) is 0 Å². The zero-order chi connectivity index (χ0) is 21.1. The molecule has 0 saturated carbocycles. The predicted octanol–water partition coefficient (Wildman–Crippen LogP) is 5.25. The molecular formula is C26H24N2O2. The van der Waals surface area contributed by atoms with Crippen LogP contribution in [0.1, 0.15) is 45.8 Å². The lowest BCUT2D eigenvalue weighted by Gasteiger charge is -2.24. The molecule has 1 aliphatic rings. The second-order valence-corrected chi connectivity index (χ2v) is 7.77. The summed E-state index contributed by atoms with van der Waals surface area (Å²) in [6, 6.07) is 22.7. The fourth-order valence-corrected chi connectivity index (χ4v) is 3.79. The van der Waals surface area contributed by atoms with Gasteiger partial charge in [0, 0.05) is 29.3 Å². The Kier molecular flexibility index (Phi) is 5.48. The van der Waals surface area contributed by atoms with E-state index in [2.05, 4.69) is 36.5 Å². The minimum absolute atomic E-state index is 0.0649. The van der Waals surface area contributed by atoms with Gasteiger partial charge >= 0.3 is 0 Å². The number of benzene rings is 3. The van der Waals surface area contributed by atoms with Crippen LogP contribution in [0, 0.1) is 6.92 Å². The Labute approximate surface area is 176 Å². The molecule has 4 heteroatoms. The summed E-state index contributed by atoms with van der Waals surface area (Å²) in [5.41, 5.74) is 11.7. The van der Waals surface area contributed by atoms with E-state index in [1.54, 1.807) is 36.4 Å². The minimum atomic E-state index is -0.0649. The monoisotopic (exact) mass is 396 g/mol. The molecule has 4 nitrogen and oxygen atoms in total. The molecule has 150 valence electrons. The third-order valence-electron chi connectivity index (χ3n) is 5.44. The highest BCUT2D eigenvalue weighted by atomic mass is 16.1. The number of carbonyl (C=O) groups is 2. The van der Waals surface area contributed by atoms with Gasteiger partial charge in [-0.25, -0.2) is 0 Å². The minimum Gasteiger partial charge on any atom is -0.397 e. The maximum Gasteiger partial charge on any atom is 0.193 e. The first kappa shape index (κ1) is 19.6. The summed E-state index contributed by atoms with van der Waals surface area (Å²) in [6.07, 6.45) is 2.86. The van der Waals surface area contributed by atoms with Gasteiger partial charge in [-0.1, -0.05) is 60.2 Å². The summed E-state index contributed by atoms with van der Waals surface area (Å²) in [5.74, 6) is 0.148. The Morgan fingerprint density at radius 1 is 0.933 bits per heavy atom. The molecule has 0 saturated heterocycles. The molecule has 3 aromatic rings. The Balaban J connectivity index is 1.56. The molecular weight excluding hydrogens is 372 g/mol. The third-order valence-corrected chi connectivity index (χ3v) is 5.44. The van der Waals surface area contributed by atoms with Gasteiger partial charge in [-0.3, -0.25) is 9.59 Å². The van der Waals surface area contributed by atoms with Crippen LogP contribution in [0.25, 0.3) is 0 Å². The highest BCUT2D eigenvalue weighted by Gasteiger charge is 2.23. The van der Waals surface area contributed by atoms with Crippen LogP contribution in [0.15, 0.2) is 84.6 Å². The molecule has 0 aromatic heterocycles. The third kappa shape index (κ3) is 4.33. The number of nitrogens with one attached hydrogen (secondary N) is 1. The van der Waals surface area contributed by atoms with Gasteiger partial charge in [-0.15, -0.1) is 0 Å². The van der Waals surface area contributed by atoms with Gasteiger partial charge in [0.2, 0.25) is 0 Å². The molecule has 1 atom stereocenters. The molecule has 0 spiro atoms. The number of anilines is 2. The van der Waals surface area contributed by atoms with Gasteiger partial charge in [0.15, 0.2) is 11.6 Å². The summed E-state index contributed by atoms with van der Waals surface area (Å²) >= 11 is 0. The number of allylic oxidation sites excluding steroid dienone is 2. The number of nitrogens with two attached hydrogens (primary N) is 1. The number of aryl methyl sites for hydroxylation is 1. The summed E-state index contributed by atoms with van der Waals surface area (Å²) in [4.78, 5) is 25.1. The van der Waals surface area contributed by atoms with Crippen molar-refractivity contribution >= 4 is 22.9 Å². The fraction of sp³-hybridized carbons (Fsp3) is 0.154. The number of ketones is 2. The van der Waals surface area contributed by atoms with Crippen LogP contribution in [0.3, 0.4) is 0 Å². The van der Waals surface area contributed by atoms with Crippen LogP contribution >= 0.6 is 0 Å². The summed E-state index contributed by atoms with van der Waals surface area (Å²) < 4.78 is 0. The maximum absolute atomic E-state index is 12.8. The molecule has 1 unspecified atom stereocenters. The van der Waals surface area contributed by atoms with Crippen molar-refractivity contribution in [3.05, 3.63) is 107 Å². The molecule has 4 rings (SSSR count). The van der Waals surface area contributed by atoms with Crippen molar-refractivity contribution in [1.82, 2.24) is 0 Å². The Morgan fingerprint density at radius 2 is 1.67 bits per heavy atom. The number of nitrogen functional groups attached to an aromatic ring is 1. The average Bonchev–Trinajstić information content (AvgIpc) is 2.75. The smallest absolute Gasteiger partial charge is 0.193 e. The van der Waals surface area contributed by atoms with Crippen molar-refractivity contribution in [3.8, 4) is 0 Å². The van der Waals surface area contributed by atoms with E-state index in [9.17, 15) is 9.59 Å². The van der Waals surface area contributed by atoms with E-state index in [1.807, 2.05) is 18.2 Å². The molecule has 0 amide bonds. The summed E-state index contributed by atoms with van der Waals surface area (Å²) in [6.45, 7) is 2.05. The number of carbonyl (C=O) groups excluding carboxylic acids is 2.